The van der Waals surface area contributed by atoms with Gasteiger partial charge in [0.05, 0.1) is 18.9 Å². The molecule has 0 spiro atoms. The number of hydrogen-bond acceptors (Lipinski definition) is 4. The van der Waals surface area contributed by atoms with Gasteiger partial charge in [-0.25, -0.2) is 0 Å². The first-order valence-electron chi connectivity index (χ1n) is 8.21. The summed E-state index contributed by atoms with van der Waals surface area (Å²) in [6, 6.07) is 9.81. The van der Waals surface area contributed by atoms with Crippen molar-refractivity contribution in [3.05, 3.63) is 42.1 Å². The summed E-state index contributed by atoms with van der Waals surface area (Å²) >= 11 is 0. The number of hydrogen-bond donors (Lipinski definition) is 1. The van der Waals surface area contributed by atoms with Gasteiger partial charge < -0.3 is 14.6 Å². The molecule has 0 saturated heterocycles. The van der Waals surface area contributed by atoms with Crippen molar-refractivity contribution in [1.82, 2.24) is 4.98 Å². The molecule has 1 aromatic heterocycles. The minimum atomic E-state index is 0.111. The lowest BCUT2D eigenvalue weighted by molar-refractivity contribution is 0.201. The Morgan fingerprint density at radius 2 is 2.00 bits per heavy atom. The molecule has 122 valence electrons. The Kier molecular flexibility index (Phi) is 5.13. The van der Waals surface area contributed by atoms with Crippen LogP contribution in [0.2, 0.25) is 0 Å². The SMILES string of the molecule is COc1ccc(-c2ncccc2CCO)cc1OC1CCCC1. The van der Waals surface area contributed by atoms with Crippen molar-refractivity contribution in [1.29, 1.82) is 0 Å². The molecule has 0 radical (unpaired) electrons. The van der Waals surface area contributed by atoms with Crippen LogP contribution in [0, 0.1) is 0 Å². The number of pyridine rings is 1. The quantitative estimate of drug-likeness (QED) is 0.885. The highest BCUT2D eigenvalue weighted by molar-refractivity contribution is 5.67. The minimum Gasteiger partial charge on any atom is -0.493 e. The van der Waals surface area contributed by atoms with Gasteiger partial charge >= 0.3 is 0 Å². The Labute approximate surface area is 137 Å². The fraction of sp³-hybridized carbons (Fsp3) is 0.421. The normalized spacial score (nSPS) is 14.9. The smallest absolute Gasteiger partial charge is 0.162 e. The van der Waals surface area contributed by atoms with E-state index >= 15 is 0 Å². The second-order valence-electron chi connectivity index (χ2n) is 5.87. The standard InChI is InChI=1S/C19H23NO3/c1-22-17-9-8-15(13-18(17)23-16-6-2-3-7-16)19-14(10-12-21)5-4-11-20-19/h4-5,8-9,11,13,16,21H,2-3,6-7,10,12H2,1H3. The van der Waals surface area contributed by atoms with Crippen LogP contribution in [-0.2, 0) is 6.42 Å². The molecule has 0 bridgehead atoms. The van der Waals surface area contributed by atoms with Gasteiger partial charge in [0.2, 0.25) is 0 Å². The Morgan fingerprint density at radius 1 is 1.17 bits per heavy atom. The summed E-state index contributed by atoms with van der Waals surface area (Å²) in [5, 5.41) is 9.25. The van der Waals surface area contributed by atoms with Gasteiger partial charge in [-0.05, 0) is 61.9 Å². The topological polar surface area (TPSA) is 51.6 Å². The van der Waals surface area contributed by atoms with E-state index in [-0.39, 0.29) is 12.7 Å². The van der Waals surface area contributed by atoms with Gasteiger partial charge in [0.15, 0.2) is 11.5 Å². The van der Waals surface area contributed by atoms with Crippen molar-refractivity contribution in [2.24, 2.45) is 0 Å². The molecule has 23 heavy (non-hydrogen) atoms. The largest absolute Gasteiger partial charge is 0.493 e. The molecule has 3 rings (SSSR count). The van der Waals surface area contributed by atoms with Crippen molar-refractivity contribution in [2.45, 2.75) is 38.2 Å². The van der Waals surface area contributed by atoms with Crippen molar-refractivity contribution >= 4 is 0 Å². The fourth-order valence-electron chi connectivity index (χ4n) is 3.12. The van der Waals surface area contributed by atoms with Gasteiger partial charge in [-0.2, -0.15) is 0 Å². The number of aliphatic hydroxyl groups is 1. The van der Waals surface area contributed by atoms with Crippen LogP contribution in [0.25, 0.3) is 11.3 Å². The second-order valence-corrected chi connectivity index (χ2v) is 5.87. The third-order valence-corrected chi connectivity index (χ3v) is 4.31. The van der Waals surface area contributed by atoms with Crippen LogP contribution in [-0.4, -0.2) is 29.9 Å². The van der Waals surface area contributed by atoms with Crippen molar-refractivity contribution in [2.75, 3.05) is 13.7 Å². The maximum Gasteiger partial charge on any atom is 0.162 e. The second kappa shape index (κ2) is 7.47. The Bertz CT molecular complexity index is 651. The summed E-state index contributed by atoms with van der Waals surface area (Å²) < 4.78 is 11.6. The van der Waals surface area contributed by atoms with Crippen LogP contribution in [0.5, 0.6) is 11.5 Å². The number of ether oxygens (including phenoxy) is 2. The van der Waals surface area contributed by atoms with Crippen LogP contribution >= 0.6 is 0 Å². The molecule has 1 N–H and O–H groups in total. The first-order chi connectivity index (χ1) is 11.3. The van der Waals surface area contributed by atoms with E-state index in [0.717, 1.165) is 41.2 Å². The highest BCUT2D eigenvalue weighted by atomic mass is 16.5. The molecule has 0 unspecified atom stereocenters. The van der Waals surface area contributed by atoms with E-state index in [2.05, 4.69) is 4.98 Å². The van der Waals surface area contributed by atoms with Crippen LogP contribution in [0.1, 0.15) is 31.2 Å². The molecule has 1 saturated carbocycles. The minimum absolute atomic E-state index is 0.111. The molecule has 4 heteroatoms. The summed E-state index contributed by atoms with van der Waals surface area (Å²) in [5.74, 6) is 1.53. The maximum atomic E-state index is 9.25. The molecular weight excluding hydrogens is 290 g/mol. The number of nitrogens with zero attached hydrogens (tertiary/aromatic N) is 1. The third-order valence-electron chi connectivity index (χ3n) is 4.31. The lowest BCUT2D eigenvalue weighted by atomic mass is 10.0. The molecule has 1 fully saturated rings. The van der Waals surface area contributed by atoms with E-state index in [1.54, 1.807) is 13.3 Å². The summed E-state index contributed by atoms with van der Waals surface area (Å²) in [4.78, 5) is 4.49. The van der Waals surface area contributed by atoms with E-state index in [1.807, 2.05) is 30.3 Å². The molecule has 0 atom stereocenters. The average Bonchev–Trinajstić information content (AvgIpc) is 3.09. The molecular formula is C19H23NO3. The van der Waals surface area contributed by atoms with Crippen molar-refractivity contribution < 1.29 is 14.6 Å². The van der Waals surface area contributed by atoms with Gasteiger partial charge in [0.25, 0.3) is 0 Å². The molecule has 1 heterocycles. The highest BCUT2D eigenvalue weighted by Gasteiger charge is 2.19. The molecule has 2 aromatic rings. The number of rotatable bonds is 6. The molecule has 0 aliphatic heterocycles. The van der Waals surface area contributed by atoms with Gasteiger partial charge in [-0.1, -0.05) is 6.07 Å². The molecule has 1 aliphatic carbocycles. The van der Waals surface area contributed by atoms with Crippen LogP contribution in [0.4, 0.5) is 0 Å². The van der Waals surface area contributed by atoms with Gasteiger partial charge in [0.1, 0.15) is 0 Å². The van der Waals surface area contributed by atoms with Crippen LogP contribution in [0.15, 0.2) is 36.5 Å². The van der Waals surface area contributed by atoms with Gasteiger partial charge in [0, 0.05) is 18.4 Å². The van der Waals surface area contributed by atoms with Gasteiger partial charge in [-0.15, -0.1) is 0 Å². The monoisotopic (exact) mass is 313 g/mol. The molecule has 0 amide bonds. The first kappa shape index (κ1) is 15.8. The lowest BCUT2D eigenvalue weighted by Gasteiger charge is -2.17. The van der Waals surface area contributed by atoms with Crippen molar-refractivity contribution in [3.8, 4) is 22.8 Å². The zero-order chi connectivity index (χ0) is 16.1. The summed E-state index contributed by atoms with van der Waals surface area (Å²) in [6.07, 6.45) is 7.31. The molecule has 1 aliphatic rings. The number of methoxy groups -OCH3 is 1. The summed E-state index contributed by atoms with van der Waals surface area (Å²) in [6.45, 7) is 0.111. The Morgan fingerprint density at radius 3 is 2.74 bits per heavy atom. The Hall–Kier alpha value is -2.07. The first-order valence-corrected chi connectivity index (χ1v) is 8.21. The highest BCUT2D eigenvalue weighted by Crippen LogP contribution is 2.35. The zero-order valence-electron chi connectivity index (χ0n) is 13.5. The molecule has 1 aromatic carbocycles. The predicted molar refractivity (Wildman–Crippen MR) is 89.9 cm³/mol. The van der Waals surface area contributed by atoms with E-state index in [4.69, 9.17) is 9.47 Å². The Balaban J connectivity index is 1.94. The fourth-order valence-corrected chi connectivity index (χ4v) is 3.12. The zero-order valence-corrected chi connectivity index (χ0v) is 13.5. The summed E-state index contributed by atoms with van der Waals surface area (Å²) in [5.41, 5.74) is 2.91. The number of benzene rings is 1. The van der Waals surface area contributed by atoms with E-state index in [0.29, 0.717) is 6.42 Å². The summed E-state index contributed by atoms with van der Waals surface area (Å²) in [7, 11) is 1.66. The van der Waals surface area contributed by atoms with Crippen molar-refractivity contribution in [3.63, 3.8) is 0 Å². The van der Waals surface area contributed by atoms with E-state index in [1.165, 1.54) is 12.8 Å². The predicted octanol–water partition coefficient (Wildman–Crippen LogP) is 3.61. The van der Waals surface area contributed by atoms with Crippen LogP contribution < -0.4 is 9.47 Å². The van der Waals surface area contributed by atoms with E-state index < -0.39 is 0 Å². The maximum absolute atomic E-state index is 9.25. The lowest BCUT2D eigenvalue weighted by Crippen LogP contribution is -2.11. The average molecular weight is 313 g/mol. The third kappa shape index (κ3) is 3.64. The van der Waals surface area contributed by atoms with E-state index in [9.17, 15) is 5.11 Å². The van der Waals surface area contributed by atoms with Crippen LogP contribution in [0.3, 0.4) is 0 Å². The number of aliphatic hydroxyl groups excluding tert-OH is 1. The number of aromatic nitrogens is 1. The van der Waals surface area contributed by atoms with Gasteiger partial charge in [-0.3, -0.25) is 4.98 Å². The molecule has 4 nitrogen and oxygen atoms in total.